The molecule has 2 saturated heterocycles. The van der Waals surface area contributed by atoms with E-state index >= 15 is 0 Å². The highest BCUT2D eigenvalue weighted by atomic mass is 16.2. The normalized spacial score (nSPS) is 29.2. The Labute approximate surface area is 98.0 Å². The van der Waals surface area contributed by atoms with E-state index < -0.39 is 0 Å². The number of amides is 1. The van der Waals surface area contributed by atoms with E-state index in [0.29, 0.717) is 30.3 Å². The van der Waals surface area contributed by atoms with Crippen molar-refractivity contribution in [1.82, 2.24) is 15.1 Å². The van der Waals surface area contributed by atoms with E-state index in [9.17, 15) is 4.79 Å². The Bertz CT molecular complexity index is 255. The Kier molecular flexibility index (Phi) is 3.50. The maximum atomic E-state index is 12.1. The molecule has 0 aromatic heterocycles. The lowest BCUT2D eigenvalue weighted by atomic mass is 10.0. The van der Waals surface area contributed by atoms with Crippen molar-refractivity contribution in [3.8, 4) is 0 Å². The molecule has 2 aliphatic heterocycles. The van der Waals surface area contributed by atoms with Gasteiger partial charge in [0, 0.05) is 32.2 Å². The molecule has 0 saturated carbocycles. The van der Waals surface area contributed by atoms with Crippen LogP contribution >= 0.6 is 0 Å². The predicted molar refractivity (Wildman–Crippen MR) is 64.2 cm³/mol. The molecule has 2 rings (SSSR count). The number of nitrogens with one attached hydrogen (secondary N) is 1. The number of likely N-dealkylation sites (N-methyl/N-ethyl adjacent to an activating group) is 1. The summed E-state index contributed by atoms with van der Waals surface area (Å²) >= 11 is 0. The van der Waals surface area contributed by atoms with Crippen LogP contribution in [0.1, 0.15) is 13.8 Å². The average molecular weight is 225 g/mol. The van der Waals surface area contributed by atoms with E-state index in [2.05, 4.69) is 29.0 Å². The van der Waals surface area contributed by atoms with Gasteiger partial charge < -0.3 is 10.2 Å². The quantitative estimate of drug-likeness (QED) is 0.734. The van der Waals surface area contributed by atoms with Crippen molar-refractivity contribution in [3.63, 3.8) is 0 Å². The third-order valence-corrected chi connectivity index (χ3v) is 4.01. The van der Waals surface area contributed by atoms with Crippen molar-refractivity contribution in [2.75, 3.05) is 39.8 Å². The largest absolute Gasteiger partial charge is 0.341 e. The molecule has 0 aliphatic carbocycles. The number of nitrogens with zero attached hydrogens (tertiary/aromatic N) is 2. The molecular weight excluding hydrogens is 202 g/mol. The highest BCUT2D eigenvalue weighted by Gasteiger charge is 2.37. The first-order valence-electron chi connectivity index (χ1n) is 6.26. The van der Waals surface area contributed by atoms with Crippen molar-refractivity contribution in [2.24, 2.45) is 11.8 Å². The molecule has 0 spiro atoms. The fourth-order valence-corrected chi connectivity index (χ4v) is 2.55. The summed E-state index contributed by atoms with van der Waals surface area (Å²) < 4.78 is 0. The zero-order valence-electron chi connectivity index (χ0n) is 10.6. The first-order valence-corrected chi connectivity index (χ1v) is 6.26. The van der Waals surface area contributed by atoms with Crippen LogP contribution in [0.5, 0.6) is 0 Å². The SMILES string of the molecule is CC(C)N(C)CC(=O)N1C[C@H]2CNC[C@H]2C1. The van der Waals surface area contributed by atoms with Gasteiger partial charge in [-0.2, -0.15) is 0 Å². The van der Waals surface area contributed by atoms with Gasteiger partial charge in [-0.3, -0.25) is 9.69 Å². The van der Waals surface area contributed by atoms with Crippen LogP contribution < -0.4 is 5.32 Å². The molecule has 2 aliphatic rings. The molecular formula is C12H23N3O. The fourth-order valence-electron chi connectivity index (χ4n) is 2.55. The minimum absolute atomic E-state index is 0.297. The first kappa shape index (κ1) is 11.9. The second-order valence-corrected chi connectivity index (χ2v) is 5.49. The number of carbonyl (C=O) groups is 1. The number of rotatable bonds is 3. The fraction of sp³-hybridized carbons (Fsp3) is 0.917. The number of fused-ring (bicyclic) bond motifs is 1. The molecule has 0 radical (unpaired) electrons. The zero-order chi connectivity index (χ0) is 11.7. The summed E-state index contributed by atoms with van der Waals surface area (Å²) in [6.07, 6.45) is 0. The van der Waals surface area contributed by atoms with Crippen molar-refractivity contribution in [2.45, 2.75) is 19.9 Å². The van der Waals surface area contributed by atoms with Gasteiger partial charge in [0.25, 0.3) is 0 Å². The summed E-state index contributed by atoms with van der Waals surface area (Å²) in [6.45, 7) is 8.91. The van der Waals surface area contributed by atoms with Crippen LogP contribution in [-0.4, -0.2) is 61.5 Å². The second-order valence-electron chi connectivity index (χ2n) is 5.49. The van der Waals surface area contributed by atoms with Gasteiger partial charge in [0.05, 0.1) is 6.54 Å². The number of carbonyl (C=O) groups excluding carboxylic acids is 1. The Morgan fingerprint density at radius 1 is 1.38 bits per heavy atom. The minimum atomic E-state index is 0.297. The second kappa shape index (κ2) is 4.72. The summed E-state index contributed by atoms with van der Waals surface area (Å²) in [7, 11) is 2.01. The summed E-state index contributed by atoms with van der Waals surface area (Å²) in [6, 6.07) is 0.438. The monoisotopic (exact) mass is 225 g/mol. The molecule has 16 heavy (non-hydrogen) atoms. The molecule has 0 unspecified atom stereocenters. The van der Waals surface area contributed by atoms with Crippen LogP contribution in [0.25, 0.3) is 0 Å². The van der Waals surface area contributed by atoms with Crippen LogP contribution in [0, 0.1) is 11.8 Å². The average Bonchev–Trinajstić information content (AvgIpc) is 2.75. The smallest absolute Gasteiger partial charge is 0.236 e. The van der Waals surface area contributed by atoms with E-state index in [1.807, 2.05) is 7.05 Å². The molecule has 0 aromatic rings. The number of hydrogen-bond acceptors (Lipinski definition) is 3. The van der Waals surface area contributed by atoms with Gasteiger partial charge in [-0.25, -0.2) is 0 Å². The number of likely N-dealkylation sites (tertiary alicyclic amines) is 1. The molecule has 2 heterocycles. The van der Waals surface area contributed by atoms with E-state index in [1.165, 1.54) is 0 Å². The maximum absolute atomic E-state index is 12.1. The van der Waals surface area contributed by atoms with Crippen molar-refractivity contribution >= 4 is 5.91 Å². The molecule has 0 bridgehead atoms. The van der Waals surface area contributed by atoms with Gasteiger partial charge >= 0.3 is 0 Å². The molecule has 1 amide bonds. The van der Waals surface area contributed by atoms with Crippen LogP contribution in [-0.2, 0) is 4.79 Å². The lowest BCUT2D eigenvalue weighted by Gasteiger charge is -2.24. The van der Waals surface area contributed by atoms with Gasteiger partial charge in [-0.1, -0.05) is 0 Å². The van der Waals surface area contributed by atoms with E-state index in [0.717, 1.165) is 26.2 Å². The maximum Gasteiger partial charge on any atom is 0.236 e. The van der Waals surface area contributed by atoms with Crippen LogP contribution in [0.3, 0.4) is 0 Å². The van der Waals surface area contributed by atoms with Crippen molar-refractivity contribution in [1.29, 1.82) is 0 Å². The van der Waals surface area contributed by atoms with E-state index in [4.69, 9.17) is 0 Å². The van der Waals surface area contributed by atoms with Gasteiger partial charge in [0.2, 0.25) is 5.91 Å². The highest BCUT2D eigenvalue weighted by molar-refractivity contribution is 5.78. The highest BCUT2D eigenvalue weighted by Crippen LogP contribution is 2.26. The summed E-state index contributed by atoms with van der Waals surface area (Å²) in [4.78, 5) is 16.2. The molecule has 92 valence electrons. The van der Waals surface area contributed by atoms with Crippen LogP contribution in [0.2, 0.25) is 0 Å². The Morgan fingerprint density at radius 3 is 2.44 bits per heavy atom. The van der Waals surface area contributed by atoms with Gasteiger partial charge in [0.15, 0.2) is 0 Å². The topological polar surface area (TPSA) is 35.6 Å². The summed E-state index contributed by atoms with van der Waals surface area (Å²) in [5.74, 6) is 1.70. The third-order valence-electron chi connectivity index (χ3n) is 4.01. The van der Waals surface area contributed by atoms with E-state index in [-0.39, 0.29) is 0 Å². The molecule has 2 atom stereocenters. The molecule has 4 heteroatoms. The van der Waals surface area contributed by atoms with Crippen molar-refractivity contribution < 1.29 is 4.79 Å². The molecule has 0 aromatic carbocycles. The Morgan fingerprint density at radius 2 is 1.94 bits per heavy atom. The van der Waals surface area contributed by atoms with Gasteiger partial charge in [0.1, 0.15) is 0 Å². The van der Waals surface area contributed by atoms with E-state index in [1.54, 1.807) is 0 Å². The number of hydrogen-bond donors (Lipinski definition) is 1. The van der Waals surface area contributed by atoms with Gasteiger partial charge in [-0.05, 0) is 32.7 Å². The van der Waals surface area contributed by atoms with Crippen LogP contribution in [0.15, 0.2) is 0 Å². The molecule has 4 nitrogen and oxygen atoms in total. The lowest BCUT2D eigenvalue weighted by molar-refractivity contribution is -0.131. The Balaban J connectivity index is 1.83. The third kappa shape index (κ3) is 2.38. The van der Waals surface area contributed by atoms with Gasteiger partial charge in [-0.15, -0.1) is 0 Å². The minimum Gasteiger partial charge on any atom is -0.341 e. The summed E-state index contributed by atoms with van der Waals surface area (Å²) in [5.41, 5.74) is 0. The standard InChI is InChI=1S/C12H23N3O/c1-9(2)14(3)8-12(16)15-6-10-4-13-5-11(10)7-15/h9-11,13H,4-8H2,1-3H3/t10-,11+. The van der Waals surface area contributed by atoms with Crippen LogP contribution in [0.4, 0.5) is 0 Å². The predicted octanol–water partition coefficient (Wildman–Crippen LogP) is 0.00440. The first-order chi connectivity index (χ1) is 7.58. The Hall–Kier alpha value is -0.610. The zero-order valence-corrected chi connectivity index (χ0v) is 10.6. The molecule has 2 fully saturated rings. The van der Waals surface area contributed by atoms with Crippen molar-refractivity contribution in [3.05, 3.63) is 0 Å². The molecule has 1 N–H and O–H groups in total. The summed E-state index contributed by atoms with van der Waals surface area (Å²) in [5, 5.41) is 3.39. The lowest BCUT2D eigenvalue weighted by Crippen LogP contribution is -2.41.